The first-order valence-corrected chi connectivity index (χ1v) is 15.9. The zero-order chi connectivity index (χ0) is 30.1. The minimum Gasteiger partial charge on any atom is -0.135 e. The average molecular weight is 578 g/mol. The van der Waals surface area contributed by atoms with Crippen LogP contribution in [0.25, 0.3) is 85.9 Å². The lowest BCUT2D eigenvalue weighted by Crippen LogP contribution is -1.93. The van der Waals surface area contributed by atoms with Crippen molar-refractivity contribution in [1.82, 2.24) is 0 Å². The average Bonchev–Trinajstić information content (AvgIpc) is 3.48. The number of rotatable bonds is 3. The number of benzene rings is 8. The first kappa shape index (κ1) is 24.2. The quantitative estimate of drug-likeness (QED) is 0.183. The summed E-state index contributed by atoms with van der Waals surface area (Å²) in [7, 11) is 0. The fourth-order valence-corrected chi connectivity index (χ4v) is 8.32. The maximum absolute atomic E-state index is 8.06. The van der Waals surface area contributed by atoms with Crippen molar-refractivity contribution in [2.75, 3.05) is 0 Å². The molecule has 0 atom stereocenters. The molecule has 0 fully saturated rings. The van der Waals surface area contributed by atoms with Crippen molar-refractivity contribution in [3.05, 3.63) is 157 Å². The highest BCUT2D eigenvalue weighted by Crippen LogP contribution is 2.49. The van der Waals surface area contributed by atoms with Crippen LogP contribution >= 0.6 is 11.3 Å². The molecule has 0 unspecified atom stereocenters. The Kier molecular flexibility index (Phi) is 5.46. The molecule has 0 aliphatic carbocycles. The standard InChI is InChI=1S/C43H28S/c1-27-22-25-38(42-37-20-10-11-21-39(37)44-43(27)42)41-35-18-8-6-16-33(35)40(34-17-7-9-19-36(34)41)32-15-5-4-14-31(32)30-24-23-28-12-2-3-13-29(28)26-30/h2-26H,1H3/i2D. The van der Waals surface area contributed by atoms with E-state index in [0.29, 0.717) is 6.04 Å². The summed E-state index contributed by atoms with van der Waals surface area (Å²) in [6.07, 6.45) is 0. The van der Waals surface area contributed by atoms with Gasteiger partial charge in [-0.2, -0.15) is 0 Å². The Balaban J connectivity index is 1.39. The monoisotopic (exact) mass is 577 g/mol. The van der Waals surface area contributed by atoms with Crippen LogP contribution in [0.4, 0.5) is 0 Å². The Bertz CT molecular complexity index is 2570. The van der Waals surface area contributed by atoms with Crippen molar-refractivity contribution in [2.24, 2.45) is 0 Å². The Hall–Kier alpha value is -5.24. The first-order chi connectivity index (χ1) is 22.2. The van der Waals surface area contributed by atoms with Crippen molar-refractivity contribution in [1.29, 1.82) is 0 Å². The molecule has 1 heteroatoms. The summed E-state index contributed by atoms with van der Waals surface area (Å²) in [6.45, 7) is 2.23. The predicted molar refractivity (Wildman–Crippen MR) is 193 cm³/mol. The molecule has 1 aromatic heterocycles. The number of fused-ring (bicyclic) bond motifs is 6. The van der Waals surface area contributed by atoms with E-state index in [-0.39, 0.29) is 0 Å². The number of hydrogen-bond acceptors (Lipinski definition) is 1. The molecule has 0 saturated heterocycles. The normalized spacial score (nSPS) is 12.1. The van der Waals surface area contributed by atoms with Crippen molar-refractivity contribution in [2.45, 2.75) is 6.92 Å². The summed E-state index contributed by atoms with van der Waals surface area (Å²) in [4.78, 5) is 0. The van der Waals surface area contributed by atoms with Crippen molar-refractivity contribution < 1.29 is 1.37 Å². The molecule has 0 amide bonds. The van der Waals surface area contributed by atoms with Crippen LogP contribution in [0.5, 0.6) is 0 Å². The zero-order valence-corrected chi connectivity index (χ0v) is 25.1. The molecule has 0 spiro atoms. The predicted octanol–water partition coefficient (Wildman–Crippen LogP) is 12.8. The van der Waals surface area contributed by atoms with Crippen LogP contribution in [-0.2, 0) is 0 Å². The van der Waals surface area contributed by atoms with Gasteiger partial charge in [0.2, 0.25) is 0 Å². The minimum atomic E-state index is 0.537. The topological polar surface area (TPSA) is 0 Å². The van der Waals surface area contributed by atoms with Crippen LogP contribution < -0.4 is 0 Å². The van der Waals surface area contributed by atoms with Gasteiger partial charge in [-0.3, -0.25) is 0 Å². The second-order valence-corrected chi connectivity index (χ2v) is 12.7. The first-order valence-electron chi connectivity index (χ1n) is 15.6. The van der Waals surface area contributed by atoms with E-state index in [1.165, 1.54) is 80.7 Å². The van der Waals surface area contributed by atoms with Crippen LogP contribution in [0.2, 0.25) is 0 Å². The fraction of sp³-hybridized carbons (Fsp3) is 0.0233. The van der Waals surface area contributed by atoms with Gasteiger partial charge >= 0.3 is 0 Å². The largest absolute Gasteiger partial charge is 0.135 e. The summed E-state index contributed by atoms with van der Waals surface area (Å²) in [5.41, 5.74) is 8.79. The molecule has 0 aliphatic heterocycles. The fourth-order valence-electron chi connectivity index (χ4n) is 7.12. The lowest BCUT2D eigenvalue weighted by atomic mass is 9.83. The van der Waals surface area contributed by atoms with E-state index >= 15 is 0 Å². The summed E-state index contributed by atoms with van der Waals surface area (Å²) >= 11 is 1.90. The van der Waals surface area contributed by atoms with Gasteiger partial charge in [-0.1, -0.05) is 140 Å². The summed E-state index contributed by atoms with van der Waals surface area (Å²) in [5.74, 6) is 0. The third-order valence-corrected chi connectivity index (χ3v) is 10.4. The Morgan fingerprint density at radius 2 is 1.09 bits per heavy atom. The van der Waals surface area contributed by atoms with E-state index in [0.717, 1.165) is 10.8 Å². The van der Waals surface area contributed by atoms with Gasteiger partial charge in [0.25, 0.3) is 0 Å². The smallest absolute Gasteiger partial charge is 0.0623 e. The van der Waals surface area contributed by atoms with Gasteiger partial charge in [0.1, 0.15) is 0 Å². The highest BCUT2D eigenvalue weighted by molar-refractivity contribution is 7.26. The lowest BCUT2D eigenvalue weighted by Gasteiger charge is -2.20. The van der Waals surface area contributed by atoms with E-state index in [4.69, 9.17) is 1.37 Å². The Labute approximate surface area is 261 Å². The van der Waals surface area contributed by atoms with Gasteiger partial charge in [-0.05, 0) is 90.3 Å². The Morgan fingerprint density at radius 1 is 0.477 bits per heavy atom. The second kappa shape index (κ2) is 9.91. The minimum absolute atomic E-state index is 0.537. The summed E-state index contributed by atoms with van der Waals surface area (Å²) in [6, 6.07) is 53.2. The molecule has 0 bridgehead atoms. The molecule has 9 rings (SSSR count). The second-order valence-electron chi connectivity index (χ2n) is 11.6. The van der Waals surface area contributed by atoms with Gasteiger partial charge < -0.3 is 0 Å². The summed E-state index contributed by atoms with van der Waals surface area (Å²) in [5, 5.41) is 9.96. The lowest BCUT2D eigenvalue weighted by molar-refractivity contribution is 1.56. The van der Waals surface area contributed by atoms with Crippen LogP contribution in [0, 0.1) is 6.92 Å². The van der Waals surface area contributed by atoms with E-state index < -0.39 is 0 Å². The van der Waals surface area contributed by atoms with Gasteiger partial charge in [0.15, 0.2) is 0 Å². The van der Waals surface area contributed by atoms with Crippen molar-refractivity contribution in [3.63, 3.8) is 0 Å². The molecular weight excluding hydrogens is 549 g/mol. The molecule has 0 saturated carbocycles. The van der Waals surface area contributed by atoms with E-state index in [1.54, 1.807) is 0 Å². The molecule has 0 nitrogen and oxygen atoms in total. The highest BCUT2D eigenvalue weighted by Gasteiger charge is 2.21. The van der Waals surface area contributed by atoms with Gasteiger partial charge in [0.05, 0.1) is 1.37 Å². The SMILES string of the molecule is [2H]c1ccc2cc(-c3ccccc3-c3c4ccccc4c(-c4ccc(C)c5sc6ccccc6c45)c4ccccc34)ccc2c1. The molecule has 44 heavy (non-hydrogen) atoms. The third kappa shape index (κ3) is 3.76. The molecular formula is C43H28S. The molecule has 0 radical (unpaired) electrons. The zero-order valence-electron chi connectivity index (χ0n) is 25.3. The molecule has 9 aromatic rings. The maximum atomic E-state index is 8.06. The highest BCUT2D eigenvalue weighted by atomic mass is 32.1. The van der Waals surface area contributed by atoms with Crippen LogP contribution in [0.15, 0.2) is 152 Å². The van der Waals surface area contributed by atoms with Crippen LogP contribution in [-0.4, -0.2) is 0 Å². The maximum Gasteiger partial charge on any atom is 0.0623 e. The number of thiophene rings is 1. The number of hydrogen-bond donors (Lipinski definition) is 0. The molecule has 0 aliphatic rings. The van der Waals surface area contributed by atoms with E-state index in [9.17, 15) is 0 Å². The van der Waals surface area contributed by atoms with E-state index in [2.05, 4.69) is 140 Å². The molecule has 1 heterocycles. The summed E-state index contributed by atoms with van der Waals surface area (Å²) < 4.78 is 10.8. The third-order valence-electron chi connectivity index (χ3n) is 9.12. The number of aryl methyl sites for hydroxylation is 1. The van der Waals surface area contributed by atoms with Gasteiger partial charge in [-0.15, -0.1) is 11.3 Å². The van der Waals surface area contributed by atoms with E-state index in [1.807, 2.05) is 23.5 Å². The molecule has 8 aromatic carbocycles. The van der Waals surface area contributed by atoms with Crippen LogP contribution in [0.3, 0.4) is 0 Å². The van der Waals surface area contributed by atoms with Crippen LogP contribution in [0.1, 0.15) is 6.93 Å². The van der Waals surface area contributed by atoms with Gasteiger partial charge in [0, 0.05) is 20.2 Å². The van der Waals surface area contributed by atoms with Gasteiger partial charge in [-0.25, -0.2) is 0 Å². The Morgan fingerprint density at radius 3 is 1.82 bits per heavy atom. The van der Waals surface area contributed by atoms with Crippen molar-refractivity contribution in [3.8, 4) is 33.4 Å². The molecule has 0 N–H and O–H groups in total. The molecule has 206 valence electrons. The van der Waals surface area contributed by atoms with Crippen molar-refractivity contribution >= 4 is 63.8 Å².